The zero-order valence-electron chi connectivity index (χ0n) is 10.4. The van der Waals surface area contributed by atoms with E-state index in [1.54, 1.807) is 0 Å². The van der Waals surface area contributed by atoms with E-state index in [1.807, 2.05) is 13.8 Å². The largest absolute Gasteiger partial charge is 0.390 e. The molecule has 0 fully saturated rings. The molecule has 4 nitrogen and oxygen atoms in total. The third-order valence-electron chi connectivity index (χ3n) is 2.19. The highest BCUT2D eigenvalue weighted by Crippen LogP contribution is 2.19. The molecule has 1 aromatic heterocycles. The van der Waals surface area contributed by atoms with Gasteiger partial charge in [-0.1, -0.05) is 25.4 Å². The molecular weight excluding hydrogens is 283 g/mol. The van der Waals surface area contributed by atoms with Crippen LogP contribution in [-0.4, -0.2) is 28.6 Å². The van der Waals surface area contributed by atoms with Gasteiger partial charge in [0.1, 0.15) is 11.5 Å². The number of rotatable bonds is 4. The van der Waals surface area contributed by atoms with Crippen LogP contribution in [0.1, 0.15) is 42.5 Å². The maximum atomic E-state index is 12.0. The molecule has 0 saturated carbocycles. The van der Waals surface area contributed by atoms with Gasteiger partial charge in [-0.25, -0.2) is 9.97 Å². The molecule has 1 amide bonds. The lowest BCUT2D eigenvalue weighted by Gasteiger charge is -2.10. The van der Waals surface area contributed by atoms with Gasteiger partial charge in [0, 0.05) is 12.5 Å². The Balaban J connectivity index is 2.74. The predicted molar refractivity (Wildman–Crippen MR) is 64.1 cm³/mol. The Hall–Kier alpha value is -1.37. The van der Waals surface area contributed by atoms with E-state index in [1.165, 1.54) is 6.20 Å². The molecule has 0 aliphatic carbocycles. The number of carbonyl (C=O) groups is 1. The highest BCUT2D eigenvalue weighted by molar-refractivity contribution is 6.33. The Labute approximate surface area is 113 Å². The summed E-state index contributed by atoms with van der Waals surface area (Å²) in [6.07, 6.45) is -4.15. The molecule has 106 valence electrons. The molecule has 1 N–H and O–H groups in total. The van der Waals surface area contributed by atoms with Gasteiger partial charge in [-0.15, -0.1) is 0 Å². The molecule has 8 heteroatoms. The van der Waals surface area contributed by atoms with Crippen LogP contribution >= 0.6 is 11.6 Å². The first-order chi connectivity index (χ1) is 8.70. The molecule has 0 aromatic carbocycles. The van der Waals surface area contributed by atoms with E-state index in [-0.39, 0.29) is 16.6 Å². The number of hydrogen-bond donors (Lipinski definition) is 1. The summed E-state index contributed by atoms with van der Waals surface area (Å²) in [5.74, 6) is -0.345. The van der Waals surface area contributed by atoms with Crippen molar-refractivity contribution in [2.75, 3.05) is 6.54 Å². The summed E-state index contributed by atoms with van der Waals surface area (Å²) in [6, 6.07) is 0. The summed E-state index contributed by atoms with van der Waals surface area (Å²) >= 11 is 5.76. The number of hydrogen-bond acceptors (Lipinski definition) is 3. The fourth-order valence-electron chi connectivity index (χ4n) is 1.22. The Morgan fingerprint density at radius 3 is 2.63 bits per heavy atom. The molecule has 0 unspecified atom stereocenters. The maximum Gasteiger partial charge on any atom is 0.390 e. The standard InChI is InChI=1S/C11H13ClF3N3O/c1-6(2)9-17-5-7(12)8(18-9)10(19)16-4-3-11(13,14)15/h5-6H,3-4H2,1-2H3,(H,16,19). The minimum Gasteiger partial charge on any atom is -0.350 e. The second-order valence-corrected chi connectivity index (χ2v) is 4.61. The fourth-order valence-corrected chi connectivity index (χ4v) is 1.40. The number of carbonyl (C=O) groups excluding carboxylic acids is 1. The molecular formula is C11H13ClF3N3O. The van der Waals surface area contributed by atoms with E-state index in [0.717, 1.165) is 0 Å². The quantitative estimate of drug-likeness (QED) is 0.929. The number of nitrogens with one attached hydrogen (secondary N) is 1. The van der Waals surface area contributed by atoms with E-state index >= 15 is 0 Å². The lowest BCUT2D eigenvalue weighted by atomic mass is 10.2. The molecule has 0 radical (unpaired) electrons. The van der Waals surface area contributed by atoms with Crippen molar-refractivity contribution in [2.24, 2.45) is 0 Å². The second-order valence-electron chi connectivity index (χ2n) is 4.20. The van der Waals surface area contributed by atoms with Crippen LogP contribution in [0.4, 0.5) is 13.2 Å². The summed E-state index contributed by atoms with van der Waals surface area (Å²) in [5.41, 5.74) is -0.109. The van der Waals surface area contributed by atoms with Crippen LogP contribution in [0.15, 0.2) is 6.20 Å². The highest BCUT2D eigenvalue weighted by Gasteiger charge is 2.27. The minimum absolute atomic E-state index is 0.00825. The Bertz CT molecular complexity index is 463. The zero-order chi connectivity index (χ0) is 14.6. The Kier molecular flexibility index (Phi) is 5.11. The molecule has 19 heavy (non-hydrogen) atoms. The van der Waals surface area contributed by atoms with Gasteiger partial charge in [0.25, 0.3) is 5.91 Å². The number of aromatic nitrogens is 2. The molecule has 1 rings (SSSR count). The Morgan fingerprint density at radius 2 is 2.11 bits per heavy atom. The van der Waals surface area contributed by atoms with Crippen molar-refractivity contribution in [3.8, 4) is 0 Å². The highest BCUT2D eigenvalue weighted by atomic mass is 35.5. The maximum absolute atomic E-state index is 12.0. The van der Waals surface area contributed by atoms with Crippen molar-refractivity contribution in [2.45, 2.75) is 32.4 Å². The van der Waals surface area contributed by atoms with Gasteiger partial charge >= 0.3 is 6.18 Å². The van der Waals surface area contributed by atoms with Crippen LogP contribution < -0.4 is 5.32 Å². The van der Waals surface area contributed by atoms with Gasteiger partial charge < -0.3 is 5.32 Å². The minimum atomic E-state index is -4.31. The van der Waals surface area contributed by atoms with Gasteiger partial charge in [0.05, 0.1) is 17.6 Å². The van der Waals surface area contributed by atoms with Gasteiger partial charge in [-0.05, 0) is 0 Å². The number of nitrogens with zero attached hydrogens (tertiary/aromatic N) is 2. The molecule has 0 spiro atoms. The van der Waals surface area contributed by atoms with E-state index in [2.05, 4.69) is 15.3 Å². The lowest BCUT2D eigenvalue weighted by Crippen LogP contribution is -2.29. The molecule has 1 heterocycles. The van der Waals surface area contributed by atoms with Crippen LogP contribution in [0, 0.1) is 0 Å². The van der Waals surface area contributed by atoms with E-state index in [9.17, 15) is 18.0 Å². The van der Waals surface area contributed by atoms with Crippen molar-refractivity contribution in [3.05, 3.63) is 22.7 Å². The first-order valence-electron chi connectivity index (χ1n) is 5.58. The third kappa shape index (κ3) is 5.02. The molecule has 1 aromatic rings. The summed E-state index contributed by atoms with van der Waals surface area (Å²) < 4.78 is 35.9. The smallest absolute Gasteiger partial charge is 0.350 e. The van der Waals surface area contributed by atoms with Gasteiger partial charge in [0.15, 0.2) is 0 Å². The van der Waals surface area contributed by atoms with E-state index < -0.39 is 25.0 Å². The predicted octanol–water partition coefficient (Wildman–Crippen LogP) is 2.94. The molecule has 0 bridgehead atoms. The topological polar surface area (TPSA) is 54.9 Å². The van der Waals surface area contributed by atoms with E-state index in [0.29, 0.717) is 5.82 Å². The van der Waals surface area contributed by atoms with Gasteiger partial charge in [-0.2, -0.15) is 13.2 Å². The van der Waals surface area contributed by atoms with Gasteiger partial charge in [0.2, 0.25) is 0 Å². The monoisotopic (exact) mass is 295 g/mol. The summed E-state index contributed by atoms with van der Waals surface area (Å²) in [6.45, 7) is 3.14. The average Bonchev–Trinajstić information content (AvgIpc) is 2.27. The first kappa shape index (κ1) is 15.7. The average molecular weight is 296 g/mol. The van der Waals surface area contributed by atoms with Gasteiger partial charge in [-0.3, -0.25) is 4.79 Å². The van der Waals surface area contributed by atoms with Crippen molar-refractivity contribution in [3.63, 3.8) is 0 Å². The number of alkyl halides is 3. The van der Waals surface area contributed by atoms with Crippen LogP contribution in [0.25, 0.3) is 0 Å². The third-order valence-corrected chi connectivity index (χ3v) is 2.46. The summed E-state index contributed by atoms with van der Waals surface area (Å²) in [4.78, 5) is 19.6. The molecule has 0 aliphatic heterocycles. The normalized spacial score (nSPS) is 11.7. The number of halogens is 4. The summed E-state index contributed by atoms with van der Waals surface area (Å²) in [5, 5.41) is 2.14. The first-order valence-corrected chi connectivity index (χ1v) is 5.96. The van der Waals surface area contributed by atoms with Crippen molar-refractivity contribution >= 4 is 17.5 Å². The van der Waals surface area contributed by atoms with Crippen LogP contribution in [0.2, 0.25) is 5.02 Å². The van der Waals surface area contributed by atoms with Crippen molar-refractivity contribution < 1.29 is 18.0 Å². The van der Waals surface area contributed by atoms with Crippen molar-refractivity contribution in [1.29, 1.82) is 0 Å². The lowest BCUT2D eigenvalue weighted by molar-refractivity contribution is -0.132. The SMILES string of the molecule is CC(C)c1ncc(Cl)c(C(=O)NCCC(F)(F)F)n1. The Morgan fingerprint density at radius 1 is 1.47 bits per heavy atom. The number of amides is 1. The van der Waals surface area contributed by atoms with Crippen molar-refractivity contribution in [1.82, 2.24) is 15.3 Å². The fraction of sp³-hybridized carbons (Fsp3) is 0.545. The van der Waals surface area contributed by atoms with Crippen LogP contribution in [0.5, 0.6) is 0 Å². The van der Waals surface area contributed by atoms with Crippen LogP contribution in [-0.2, 0) is 0 Å². The van der Waals surface area contributed by atoms with E-state index in [4.69, 9.17) is 11.6 Å². The summed E-state index contributed by atoms with van der Waals surface area (Å²) in [7, 11) is 0. The molecule has 0 saturated heterocycles. The van der Waals surface area contributed by atoms with Crippen LogP contribution in [0.3, 0.4) is 0 Å². The zero-order valence-corrected chi connectivity index (χ0v) is 11.1. The second kappa shape index (κ2) is 6.18. The molecule has 0 atom stereocenters. The molecule has 0 aliphatic rings.